The van der Waals surface area contributed by atoms with Gasteiger partial charge in [-0.1, -0.05) is 13.3 Å². The molecule has 0 N–H and O–H groups in total. The molecule has 0 radical (unpaired) electrons. The molecule has 0 spiro atoms. The molecule has 0 aromatic carbocycles. The molecule has 6 heteroatoms. The Balaban J connectivity index is 4.18. The number of rotatable bonds is 10. The van der Waals surface area contributed by atoms with E-state index < -0.39 is 18.8 Å². The monoisotopic (exact) mass is 252 g/mol. The molecule has 4 nitrogen and oxygen atoms in total. The van der Waals surface area contributed by atoms with E-state index in [4.69, 9.17) is 17.4 Å². The van der Waals surface area contributed by atoms with E-state index in [1.807, 2.05) is 20.8 Å². The van der Waals surface area contributed by atoms with Crippen LogP contribution in [0, 0.1) is 0 Å². The van der Waals surface area contributed by atoms with Crippen molar-refractivity contribution in [2.45, 2.75) is 40.2 Å². The van der Waals surface area contributed by atoms with Gasteiger partial charge in [0, 0.05) is 19.8 Å². The summed E-state index contributed by atoms with van der Waals surface area (Å²) < 4.78 is 22.5. The summed E-state index contributed by atoms with van der Waals surface area (Å²) in [7, 11) is -3.34. The van der Waals surface area contributed by atoms with Crippen molar-refractivity contribution in [2.75, 3.05) is 19.8 Å². The van der Waals surface area contributed by atoms with Crippen LogP contribution in [0.4, 0.5) is 0 Å². The van der Waals surface area contributed by atoms with Crippen molar-refractivity contribution >= 4 is 18.8 Å². The lowest BCUT2D eigenvalue weighted by atomic mass is 10.6. The second-order valence-corrected chi connectivity index (χ2v) is 7.14. The standard InChI is InChI=1S/C9H24O4Si2/c1-5-9-14-13-15(10-6-2,11-7-3)12-8-4/h5-9,14H2,1-4H3. The smallest absolute Gasteiger partial charge is 0.400 e. The Bertz CT molecular complexity index is 129. The van der Waals surface area contributed by atoms with E-state index in [1.54, 1.807) is 0 Å². The van der Waals surface area contributed by atoms with Gasteiger partial charge in [-0.2, -0.15) is 0 Å². The maximum atomic E-state index is 5.80. The quantitative estimate of drug-likeness (QED) is 0.436. The van der Waals surface area contributed by atoms with Gasteiger partial charge in [0.05, 0.1) is 0 Å². The maximum absolute atomic E-state index is 5.80. The normalized spacial score (nSPS) is 12.8. The van der Waals surface area contributed by atoms with E-state index in [2.05, 4.69) is 6.92 Å². The minimum Gasteiger partial charge on any atom is -0.400 e. The Morgan fingerprint density at radius 2 is 1.33 bits per heavy atom. The van der Waals surface area contributed by atoms with Gasteiger partial charge >= 0.3 is 9.05 Å². The van der Waals surface area contributed by atoms with Crippen molar-refractivity contribution in [1.82, 2.24) is 0 Å². The van der Waals surface area contributed by atoms with Crippen molar-refractivity contribution in [3.63, 3.8) is 0 Å². The summed E-state index contributed by atoms with van der Waals surface area (Å²) in [6, 6.07) is 1.14. The van der Waals surface area contributed by atoms with E-state index in [0.717, 1.165) is 12.5 Å². The molecule has 0 fully saturated rings. The van der Waals surface area contributed by atoms with Crippen LogP contribution in [0.15, 0.2) is 0 Å². The first-order valence-electron chi connectivity index (χ1n) is 5.80. The fourth-order valence-electron chi connectivity index (χ4n) is 1.12. The van der Waals surface area contributed by atoms with Crippen LogP contribution in [0.2, 0.25) is 6.04 Å². The van der Waals surface area contributed by atoms with Gasteiger partial charge in [-0.3, -0.25) is 0 Å². The van der Waals surface area contributed by atoms with Crippen LogP contribution in [0.25, 0.3) is 0 Å². The summed E-state index contributed by atoms with van der Waals surface area (Å²) in [5.41, 5.74) is 0. The second kappa shape index (κ2) is 9.50. The third-order valence-corrected chi connectivity index (χ3v) is 6.89. The van der Waals surface area contributed by atoms with Crippen LogP contribution in [-0.4, -0.2) is 38.6 Å². The zero-order chi connectivity index (χ0) is 11.6. The molecule has 0 aromatic rings. The lowest BCUT2D eigenvalue weighted by molar-refractivity contribution is 0.0105. The molecule has 0 aliphatic rings. The Kier molecular flexibility index (Phi) is 9.67. The van der Waals surface area contributed by atoms with E-state index in [1.165, 1.54) is 0 Å². The molecular weight excluding hydrogens is 228 g/mol. The first-order chi connectivity index (χ1) is 7.24. The summed E-state index contributed by atoms with van der Waals surface area (Å²) in [5.74, 6) is 0. The van der Waals surface area contributed by atoms with Crippen LogP contribution in [0.5, 0.6) is 0 Å². The highest BCUT2D eigenvalue weighted by atomic mass is 28.4. The Morgan fingerprint density at radius 3 is 1.67 bits per heavy atom. The summed E-state index contributed by atoms with van der Waals surface area (Å²) in [5, 5.41) is 0. The molecule has 0 amide bonds. The largest absolute Gasteiger partial charge is 0.668 e. The first-order valence-corrected chi connectivity index (χ1v) is 9.01. The van der Waals surface area contributed by atoms with Gasteiger partial charge in [-0.05, 0) is 26.8 Å². The molecule has 0 bridgehead atoms. The molecule has 0 aliphatic carbocycles. The Morgan fingerprint density at radius 1 is 0.867 bits per heavy atom. The van der Waals surface area contributed by atoms with Crippen molar-refractivity contribution in [2.24, 2.45) is 0 Å². The summed E-state index contributed by atoms with van der Waals surface area (Å²) in [4.78, 5) is 0. The predicted molar refractivity (Wildman–Crippen MR) is 65.4 cm³/mol. The minimum absolute atomic E-state index is 0.567. The highest BCUT2D eigenvalue weighted by Crippen LogP contribution is 2.11. The zero-order valence-corrected chi connectivity index (χ0v) is 12.8. The van der Waals surface area contributed by atoms with Gasteiger partial charge in [0.25, 0.3) is 0 Å². The van der Waals surface area contributed by atoms with Crippen LogP contribution < -0.4 is 0 Å². The molecule has 0 rings (SSSR count). The van der Waals surface area contributed by atoms with Crippen molar-refractivity contribution in [1.29, 1.82) is 0 Å². The van der Waals surface area contributed by atoms with Crippen LogP contribution >= 0.6 is 0 Å². The predicted octanol–water partition coefficient (Wildman–Crippen LogP) is 1.46. The maximum Gasteiger partial charge on any atom is 0.668 e. The molecule has 0 saturated heterocycles. The van der Waals surface area contributed by atoms with E-state index >= 15 is 0 Å². The number of hydrogen-bond acceptors (Lipinski definition) is 4. The van der Waals surface area contributed by atoms with E-state index in [9.17, 15) is 0 Å². The van der Waals surface area contributed by atoms with Gasteiger partial charge in [0.1, 0.15) is 0 Å². The average molecular weight is 252 g/mol. The second-order valence-electron chi connectivity index (χ2n) is 3.00. The lowest BCUT2D eigenvalue weighted by Gasteiger charge is -2.27. The first kappa shape index (κ1) is 15.3. The zero-order valence-electron chi connectivity index (χ0n) is 10.4. The van der Waals surface area contributed by atoms with Gasteiger partial charge in [-0.25, -0.2) is 0 Å². The molecule has 0 atom stereocenters. The van der Waals surface area contributed by atoms with E-state index in [0.29, 0.717) is 19.8 Å². The summed E-state index contributed by atoms with van der Waals surface area (Å²) in [6.45, 7) is 9.69. The molecule has 0 aliphatic heterocycles. The van der Waals surface area contributed by atoms with Crippen molar-refractivity contribution < 1.29 is 17.4 Å². The molecule has 0 aromatic heterocycles. The third-order valence-electron chi connectivity index (χ3n) is 1.74. The van der Waals surface area contributed by atoms with Gasteiger partial charge in [0.15, 0.2) is 9.76 Å². The minimum atomic E-state index is -2.77. The highest BCUT2D eigenvalue weighted by molar-refractivity contribution is 6.60. The molecule has 92 valence electrons. The Hall–Kier alpha value is 0.274. The number of hydrogen-bond donors (Lipinski definition) is 0. The molecular formula is C9H24O4Si2. The topological polar surface area (TPSA) is 36.9 Å². The van der Waals surface area contributed by atoms with Gasteiger partial charge in [0.2, 0.25) is 0 Å². The van der Waals surface area contributed by atoms with E-state index in [-0.39, 0.29) is 0 Å². The van der Waals surface area contributed by atoms with Crippen LogP contribution in [0.3, 0.4) is 0 Å². The highest BCUT2D eigenvalue weighted by Gasteiger charge is 2.43. The van der Waals surface area contributed by atoms with Crippen LogP contribution in [-0.2, 0) is 17.4 Å². The molecule has 0 unspecified atom stereocenters. The molecule has 0 heterocycles. The van der Waals surface area contributed by atoms with Gasteiger partial charge in [-0.15, -0.1) is 0 Å². The fourth-order valence-corrected chi connectivity index (χ4v) is 5.30. The third kappa shape index (κ3) is 6.44. The van der Waals surface area contributed by atoms with Crippen LogP contribution in [0.1, 0.15) is 34.1 Å². The summed E-state index contributed by atoms with van der Waals surface area (Å²) >= 11 is 0. The Labute approximate surface area is 96.7 Å². The summed E-state index contributed by atoms with van der Waals surface area (Å²) in [6.07, 6.45) is 1.15. The van der Waals surface area contributed by atoms with Crippen molar-refractivity contribution in [3.05, 3.63) is 0 Å². The molecule has 0 saturated carbocycles. The van der Waals surface area contributed by atoms with Gasteiger partial charge < -0.3 is 17.4 Å². The fraction of sp³-hybridized carbons (Fsp3) is 1.00. The lowest BCUT2D eigenvalue weighted by Crippen LogP contribution is -2.50. The average Bonchev–Trinajstić information content (AvgIpc) is 2.19. The van der Waals surface area contributed by atoms with Crippen molar-refractivity contribution in [3.8, 4) is 0 Å². The SMILES string of the molecule is CCC[SiH2]O[Si](OCC)(OCC)OCC. The molecule has 15 heavy (non-hydrogen) atoms.